The van der Waals surface area contributed by atoms with Crippen molar-refractivity contribution in [3.63, 3.8) is 0 Å². The first-order valence-electron chi connectivity index (χ1n) is 9.09. The second-order valence-corrected chi connectivity index (χ2v) is 7.47. The number of nitrogens with zero attached hydrogens (tertiary/aromatic N) is 4. The van der Waals surface area contributed by atoms with E-state index in [-0.39, 0.29) is 25.0 Å². The third-order valence-electron chi connectivity index (χ3n) is 4.12. The van der Waals surface area contributed by atoms with Crippen molar-refractivity contribution in [2.24, 2.45) is 0 Å². The number of hydrogen-bond acceptors (Lipinski definition) is 9. The lowest BCUT2D eigenvalue weighted by Crippen LogP contribution is -1.90. The smallest absolute Gasteiger partial charge is 0.418 e. The molecule has 2 heterocycles. The number of benzene rings is 2. The highest BCUT2D eigenvalue weighted by atomic mass is 31.1. The van der Waals surface area contributed by atoms with Crippen LogP contribution in [-0.2, 0) is 26.8 Å². The summed E-state index contributed by atoms with van der Waals surface area (Å²) in [7, 11) is -2.43. The van der Waals surface area contributed by atoms with E-state index in [1.165, 1.54) is 0 Å². The molecule has 0 spiro atoms. The van der Waals surface area contributed by atoms with Gasteiger partial charge in [0.15, 0.2) is 13.2 Å². The van der Waals surface area contributed by atoms with Crippen molar-refractivity contribution in [1.82, 2.24) is 20.4 Å². The van der Waals surface area contributed by atoms with E-state index < -0.39 is 8.25 Å². The lowest BCUT2D eigenvalue weighted by Gasteiger charge is -1.95. The molecule has 0 saturated carbocycles. The van der Waals surface area contributed by atoms with Gasteiger partial charge in [0.1, 0.15) is 0 Å². The summed E-state index contributed by atoms with van der Waals surface area (Å²) in [5.74, 6) is 1.10. The summed E-state index contributed by atoms with van der Waals surface area (Å²) in [6, 6.07) is 15.3. The van der Waals surface area contributed by atoms with Crippen molar-refractivity contribution < 1.29 is 22.4 Å². The standard InChI is InChI=1S/C20H18N4O5P/c1-13-3-7-15(8-4-13)19-23-21-17(28-19)11-26-30(25)27-12-18-22-24-20(29-18)16-9-5-14(2)6-10-16/h3-10H,11-12H2,1-2H3/q+1. The molecule has 4 rings (SSSR count). The maximum atomic E-state index is 11.9. The van der Waals surface area contributed by atoms with Crippen LogP contribution in [0.2, 0.25) is 0 Å². The zero-order chi connectivity index (χ0) is 20.9. The van der Waals surface area contributed by atoms with E-state index in [1.807, 2.05) is 62.4 Å². The second kappa shape index (κ2) is 9.04. The Hall–Kier alpha value is -3.26. The van der Waals surface area contributed by atoms with E-state index in [2.05, 4.69) is 20.4 Å². The van der Waals surface area contributed by atoms with Gasteiger partial charge in [-0.2, -0.15) is 0 Å². The lowest BCUT2D eigenvalue weighted by atomic mass is 10.1. The van der Waals surface area contributed by atoms with Crippen LogP contribution in [0.3, 0.4) is 0 Å². The molecule has 0 aliphatic heterocycles. The van der Waals surface area contributed by atoms with Crippen molar-refractivity contribution in [1.29, 1.82) is 0 Å². The van der Waals surface area contributed by atoms with Crippen molar-refractivity contribution in [3.05, 3.63) is 71.4 Å². The average Bonchev–Trinajstić information content (AvgIpc) is 3.42. The van der Waals surface area contributed by atoms with Gasteiger partial charge in [0, 0.05) is 15.7 Å². The third kappa shape index (κ3) is 5.01. The molecule has 0 unspecified atom stereocenters. The maximum Gasteiger partial charge on any atom is 0.698 e. The van der Waals surface area contributed by atoms with Crippen LogP contribution < -0.4 is 0 Å². The fraction of sp³-hybridized carbons (Fsp3) is 0.200. The van der Waals surface area contributed by atoms with Gasteiger partial charge in [-0.05, 0) is 38.1 Å². The molecule has 0 N–H and O–H groups in total. The minimum atomic E-state index is -2.43. The fourth-order valence-electron chi connectivity index (χ4n) is 2.50. The SMILES string of the molecule is Cc1ccc(-c2nnc(CO[P+](=O)OCc3nnc(-c4ccc(C)cc4)o3)o2)cc1. The Kier molecular flexibility index (Phi) is 6.04. The molecule has 0 aliphatic rings. The number of hydrogen-bond donors (Lipinski definition) is 0. The highest BCUT2D eigenvalue weighted by Crippen LogP contribution is 2.28. The molecule has 0 aliphatic carbocycles. The normalized spacial score (nSPS) is 11.0. The molecule has 0 fully saturated rings. The van der Waals surface area contributed by atoms with Crippen molar-refractivity contribution >= 4 is 8.25 Å². The predicted octanol–water partition coefficient (Wildman–Crippen LogP) is 4.79. The Morgan fingerprint density at radius 2 is 1.10 bits per heavy atom. The van der Waals surface area contributed by atoms with E-state index in [9.17, 15) is 4.57 Å². The number of aromatic nitrogens is 4. The topological polar surface area (TPSA) is 113 Å². The summed E-state index contributed by atoms with van der Waals surface area (Å²) >= 11 is 0. The molecule has 152 valence electrons. The van der Waals surface area contributed by atoms with Crippen molar-refractivity contribution in [2.75, 3.05) is 0 Å². The van der Waals surface area contributed by atoms with Crippen LogP contribution in [0.4, 0.5) is 0 Å². The molecule has 0 bridgehead atoms. The van der Waals surface area contributed by atoms with Gasteiger partial charge in [0.25, 0.3) is 0 Å². The summed E-state index contributed by atoms with van der Waals surface area (Å²) in [5.41, 5.74) is 3.84. The Balaban J connectivity index is 1.27. The molecule has 9 nitrogen and oxygen atoms in total. The molecule has 0 amide bonds. The summed E-state index contributed by atoms with van der Waals surface area (Å²) in [5, 5.41) is 15.7. The maximum absolute atomic E-state index is 11.9. The van der Waals surface area contributed by atoms with Crippen molar-refractivity contribution in [2.45, 2.75) is 27.1 Å². The second-order valence-electron chi connectivity index (χ2n) is 6.50. The average molecular weight is 425 g/mol. The monoisotopic (exact) mass is 425 g/mol. The Morgan fingerprint density at radius 3 is 1.50 bits per heavy atom. The van der Waals surface area contributed by atoms with E-state index >= 15 is 0 Å². The molecule has 10 heteroatoms. The first-order valence-corrected chi connectivity index (χ1v) is 10.2. The minimum Gasteiger partial charge on any atom is -0.418 e. The van der Waals surface area contributed by atoms with Crippen LogP contribution in [0.25, 0.3) is 22.9 Å². The van der Waals surface area contributed by atoms with Crippen LogP contribution in [0.15, 0.2) is 57.4 Å². The van der Waals surface area contributed by atoms with Gasteiger partial charge in [0.2, 0.25) is 23.6 Å². The van der Waals surface area contributed by atoms with E-state index in [1.54, 1.807) is 0 Å². The predicted molar refractivity (Wildman–Crippen MR) is 106 cm³/mol. The summed E-state index contributed by atoms with van der Waals surface area (Å²) in [6.45, 7) is 3.69. The Bertz CT molecular complexity index is 1050. The van der Waals surface area contributed by atoms with Crippen LogP contribution in [0.1, 0.15) is 22.9 Å². The third-order valence-corrected chi connectivity index (χ3v) is 4.80. The first-order chi connectivity index (χ1) is 14.6. The summed E-state index contributed by atoms with van der Waals surface area (Å²) in [4.78, 5) is 0. The Labute approximate surface area is 173 Å². The molecular formula is C20H18N4O5P+. The number of rotatable bonds is 8. The molecule has 0 atom stereocenters. The molecule has 30 heavy (non-hydrogen) atoms. The van der Waals surface area contributed by atoms with E-state index in [4.69, 9.17) is 17.9 Å². The van der Waals surface area contributed by atoms with Gasteiger partial charge < -0.3 is 8.83 Å². The van der Waals surface area contributed by atoms with Gasteiger partial charge in [0.05, 0.1) is 0 Å². The quantitative estimate of drug-likeness (QED) is 0.367. The summed E-state index contributed by atoms with van der Waals surface area (Å²) < 4.78 is 33.2. The Morgan fingerprint density at radius 1 is 0.700 bits per heavy atom. The van der Waals surface area contributed by atoms with Crippen LogP contribution in [0.5, 0.6) is 0 Å². The molecular weight excluding hydrogens is 407 g/mol. The molecule has 0 radical (unpaired) electrons. The van der Waals surface area contributed by atoms with Crippen LogP contribution >= 0.6 is 8.25 Å². The van der Waals surface area contributed by atoms with Gasteiger partial charge in [-0.1, -0.05) is 35.4 Å². The minimum absolute atomic E-state index is 0.146. The zero-order valence-electron chi connectivity index (χ0n) is 16.3. The van der Waals surface area contributed by atoms with Crippen molar-refractivity contribution in [3.8, 4) is 22.9 Å². The van der Waals surface area contributed by atoms with Gasteiger partial charge >= 0.3 is 8.25 Å². The molecule has 2 aromatic heterocycles. The van der Waals surface area contributed by atoms with Gasteiger partial charge in [-0.15, -0.1) is 29.4 Å². The first kappa shape index (κ1) is 20.0. The fourth-order valence-corrected chi connectivity index (χ4v) is 3.01. The molecule has 0 saturated heterocycles. The van der Waals surface area contributed by atoms with Crippen LogP contribution in [-0.4, -0.2) is 20.4 Å². The van der Waals surface area contributed by atoms with Crippen LogP contribution in [0, 0.1) is 13.8 Å². The largest absolute Gasteiger partial charge is 0.698 e. The molecule has 2 aromatic carbocycles. The molecule has 4 aromatic rings. The van der Waals surface area contributed by atoms with Gasteiger partial charge in [-0.25, -0.2) is 0 Å². The van der Waals surface area contributed by atoms with E-state index in [0.717, 1.165) is 22.3 Å². The highest BCUT2D eigenvalue weighted by molar-refractivity contribution is 7.33. The number of aryl methyl sites for hydroxylation is 2. The van der Waals surface area contributed by atoms with E-state index in [0.29, 0.717) is 11.8 Å². The van der Waals surface area contributed by atoms with Gasteiger partial charge in [-0.3, -0.25) is 0 Å². The zero-order valence-corrected chi connectivity index (χ0v) is 17.2. The summed E-state index contributed by atoms with van der Waals surface area (Å²) in [6.07, 6.45) is 0. The lowest BCUT2D eigenvalue weighted by molar-refractivity contribution is 0.185. The highest BCUT2D eigenvalue weighted by Gasteiger charge is 2.24.